The summed E-state index contributed by atoms with van der Waals surface area (Å²) in [6.45, 7) is 1.92. The minimum Gasteiger partial charge on any atom is -0.321 e. The van der Waals surface area contributed by atoms with Crippen molar-refractivity contribution in [1.29, 1.82) is 0 Å². The first kappa shape index (κ1) is 16.0. The number of carbonyl (C=O) groups is 1. The Morgan fingerprint density at radius 2 is 1.90 bits per heavy atom. The lowest BCUT2D eigenvalue weighted by Crippen LogP contribution is -2.12. The number of sulfonamides is 1. The molecule has 0 spiro atoms. The zero-order valence-corrected chi connectivity index (χ0v) is 14.5. The van der Waals surface area contributed by atoms with Crippen molar-refractivity contribution < 1.29 is 13.2 Å². The van der Waals surface area contributed by atoms with Gasteiger partial charge in [-0.3, -0.25) is 9.52 Å². The second-order valence-electron chi connectivity index (χ2n) is 4.42. The zero-order valence-electron chi connectivity index (χ0n) is 11.3. The number of halogens is 1. The highest BCUT2D eigenvalue weighted by Crippen LogP contribution is 2.27. The molecule has 0 unspecified atom stereocenters. The number of hydrogen-bond donors (Lipinski definition) is 2. The third-order valence-electron chi connectivity index (χ3n) is 2.50. The molecule has 0 saturated heterocycles. The summed E-state index contributed by atoms with van der Waals surface area (Å²) in [6, 6.07) is 8.30. The van der Waals surface area contributed by atoms with Crippen LogP contribution in [0.1, 0.15) is 14.5 Å². The molecule has 1 aromatic heterocycles. The van der Waals surface area contributed by atoms with Gasteiger partial charge in [-0.1, -0.05) is 6.07 Å². The van der Waals surface area contributed by atoms with E-state index in [2.05, 4.69) is 26.0 Å². The van der Waals surface area contributed by atoms with Crippen LogP contribution in [0.5, 0.6) is 0 Å². The average molecular weight is 389 g/mol. The number of aryl methyl sites for hydroxylation is 1. The molecule has 21 heavy (non-hydrogen) atoms. The van der Waals surface area contributed by atoms with Crippen LogP contribution >= 0.6 is 27.3 Å². The summed E-state index contributed by atoms with van der Waals surface area (Å²) < 4.78 is 25.6. The number of nitrogens with one attached hydrogen (secondary N) is 2. The molecule has 2 aromatic rings. The van der Waals surface area contributed by atoms with E-state index >= 15 is 0 Å². The van der Waals surface area contributed by atoms with Crippen LogP contribution in [0, 0.1) is 6.92 Å². The van der Waals surface area contributed by atoms with Crippen LogP contribution in [0.4, 0.5) is 11.4 Å². The normalized spacial score (nSPS) is 11.2. The van der Waals surface area contributed by atoms with E-state index in [1.807, 2.05) is 6.92 Å². The number of carbonyl (C=O) groups excluding carboxylic acids is 1. The highest BCUT2D eigenvalue weighted by molar-refractivity contribution is 9.10. The number of anilines is 2. The first-order valence-corrected chi connectivity index (χ1v) is 9.40. The van der Waals surface area contributed by atoms with Crippen LogP contribution < -0.4 is 10.0 Å². The highest BCUT2D eigenvalue weighted by Gasteiger charge is 2.12. The van der Waals surface area contributed by atoms with Gasteiger partial charge in [-0.15, -0.1) is 11.3 Å². The summed E-state index contributed by atoms with van der Waals surface area (Å²) in [5.74, 6) is -0.231. The maximum Gasteiger partial charge on any atom is 0.265 e. The van der Waals surface area contributed by atoms with E-state index in [9.17, 15) is 13.2 Å². The smallest absolute Gasteiger partial charge is 0.265 e. The quantitative estimate of drug-likeness (QED) is 0.841. The topological polar surface area (TPSA) is 75.3 Å². The van der Waals surface area contributed by atoms with Crippen LogP contribution in [0.2, 0.25) is 0 Å². The van der Waals surface area contributed by atoms with E-state index < -0.39 is 10.0 Å². The molecule has 0 aliphatic carbocycles. The molecule has 0 atom stereocenters. The molecule has 2 rings (SSSR count). The molecule has 1 aromatic carbocycles. The third kappa shape index (κ3) is 4.55. The molecule has 112 valence electrons. The number of hydrogen-bond acceptors (Lipinski definition) is 4. The first-order chi connectivity index (χ1) is 9.74. The maximum absolute atomic E-state index is 12.1. The first-order valence-electron chi connectivity index (χ1n) is 5.90. The molecule has 8 heteroatoms. The number of thiophene rings is 1. The number of rotatable bonds is 4. The van der Waals surface area contributed by atoms with Crippen molar-refractivity contribution in [2.45, 2.75) is 6.92 Å². The second-order valence-corrected chi connectivity index (χ2v) is 8.28. The summed E-state index contributed by atoms with van der Waals surface area (Å²) in [6.07, 6.45) is 1.07. The summed E-state index contributed by atoms with van der Waals surface area (Å²) >= 11 is 4.75. The largest absolute Gasteiger partial charge is 0.321 e. The van der Waals surface area contributed by atoms with E-state index in [0.717, 1.165) is 15.6 Å². The molecule has 5 nitrogen and oxygen atoms in total. The zero-order chi connectivity index (χ0) is 15.6. The van der Waals surface area contributed by atoms with Gasteiger partial charge in [-0.05, 0) is 47.1 Å². The minimum atomic E-state index is -3.34. The Morgan fingerprint density at radius 3 is 2.48 bits per heavy atom. The van der Waals surface area contributed by atoms with Crippen molar-refractivity contribution in [2.75, 3.05) is 16.3 Å². The van der Waals surface area contributed by atoms with Gasteiger partial charge < -0.3 is 5.32 Å². The van der Waals surface area contributed by atoms with Gasteiger partial charge in [0.05, 0.1) is 16.8 Å². The van der Waals surface area contributed by atoms with Gasteiger partial charge in [-0.2, -0.15) is 0 Å². The summed E-state index contributed by atoms with van der Waals surface area (Å²) in [5.41, 5.74) is 0.926. The lowest BCUT2D eigenvalue weighted by molar-refractivity contribution is 0.103. The van der Waals surface area contributed by atoms with E-state index in [4.69, 9.17) is 0 Å². The van der Waals surface area contributed by atoms with Crippen LogP contribution in [0.25, 0.3) is 0 Å². The lowest BCUT2D eigenvalue weighted by atomic mass is 10.3. The van der Waals surface area contributed by atoms with Gasteiger partial charge in [0.2, 0.25) is 10.0 Å². The van der Waals surface area contributed by atoms with Gasteiger partial charge >= 0.3 is 0 Å². The molecule has 0 aliphatic heterocycles. The molecule has 1 amide bonds. The maximum atomic E-state index is 12.1. The third-order valence-corrected chi connectivity index (χ3v) is 5.25. The van der Waals surface area contributed by atoms with Gasteiger partial charge in [-0.25, -0.2) is 8.42 Å². The van der Waals surface area contributed by atoms with Gasteiger partial charge in [0.25, 0.3) is 5.91 Å². The molecule has 0 bridgehead atoms. The van der Waals surface area contributed by atoms with E-state index in [0.29, 0.717) is 16.3 Å². The van der Waals surface area contributed by atoms with E-state index in [-0.39, 0.29) is 5.91 Å². The molecule has 0 aliphatic rings. The number of amides is 1. The predicted molar refractivity (Wildman–Crippen MR) is 89.6 cm³/mol. The molecule has 0 fully saturated rings. The van der Waals surface area contributed by atoms with Gasteiger partial charge in [0.1, 0.15) is 0 Å². The Hall–Kier alpha value is -1.38. The van der Waals surface area contributed by atoms with Gasteiger partial charge in [0.15, 0.2) is 0 Å². The van der Waals surface area contributed by atoms with Crippen molar-refractivity contribution in [3.8, 4) is 0 Å². The van der Waals surface area contributed by atoms with Crippen molar-refractivity contribution in [2.24, 2.45) is 0 Å². The standard InChI is InChI=1S/C13H13BrN2O3S2/c1-8-11(14)7-12(20-8)13(17)15-9-4-3-5-10(6-9)16-21(2,18)19/h3-7,16H,1-2H3,(H,15,17). The summed E-state index contributed by atoms with van der Waals surface area (Å²) in [4.78, 5) is 13.7. The lowest BCUT2D eigenvalue weighted by Gasteiger charge is -2.07. The Labute approximate surface area is 135 Å². The molecule has 1 heterocycles. The van der Waals surface area contributed by atoms with E-state index in [1.54, 1.807) is 30.3 Å². The highest BCUT2D eigenvalue weighted by atomic mass is 79.9. The fourth-order valence-corrected chi connectivity index (χ4v) is 3.62. The second kappa shape index (κ2) is 6.17. The Bertz CT molecular complexity index is 765. The van der Waals surface area contributed by atoms with Crippen LogP contribution in [0.15, 0.2) is 34.8 Å². The molecule has 2 N–H and O–H groups in total. The van der Waals surface area contributed by atoms with Crippen LogP contribution in [-0.4, -0.2) is 20.6 Å². The summed E-state index contributed by atoms with van der Waals surface area (Å²) in [7, 11) is -3.34. The molecular formula is C13H13BrN2O3S2. The van der Waals surface area contributed by atoms with Crippen LogP contribution in [0.3, 0.4) is 0 Å². The monoisotopic (exact) mass is 388 g/mol. The van der Waals surface area contributed by atoms with E-state index in [1.165, 1.54) is 11.3 Å². The minimum absolute atomic E-state index is 0.231. The fourth-order valence-electron chi connectivity index (χ4n) is 1.64. The van der Waals surface area contributed by atoms with Crippen molar-refractivity contribution in [3.63, 3.8) is 0 Å². The molecule has 0 saturated carbocycles. The SMILES string of the molecule is Cc1sc(C(=O)Nc2cccc(NS(C)(=O)=O)c2)cc1Br. The van der Waals surface area contributed by atoms with Crippen molar-refractivity contribution >= 4 is 54.6 Å². The molecular weight excluding hydrogens is 376 g/mol. The van der Waals surface area contributed by atoms with Crippen LogP contribution in [-0.2, 0) is 10.0 Å². The Morgan fingerprint density at radius 1 is 1.24 bits per heavy atom. The summed E-state index contributed by atoms with van der Waals surface area (Å²) in [5, 5.41) is 2.74. The Balaban J connectivity index is 2.16. The number of benzene rings is 1. The van der Waals surface area contributed by atoms with Crippen molar-refractivity contribution in [1.82, 2.24) is 0 Å². The fraction of sp³-hybridized carbons (Fsp3) is 0.154. The van der Waals surface area contributed by atoms with Gasteiger partial charge in [0, 0.05) is 15.0 Å². The van der Waals surface area contributed by atoms with Crippen molar-refractivity contribution in [3.05, 3.63) is 44.6 Å². The Kier molecular flexibility index (Phi) is 4.70. The predicted octanol–water partition coefficient (Wildman–Crippen LogP) is 3.44. The average Bonchev–Trinajstić information content (AvgIpc) is 2.68. The molecule has 0 radical (unpaired) electrons.